The van der Waals surface area contributed by atoms with Gasteiger partial charge in [0.25, 0.3) is 0 Å². The van der Waals surface area contributed by atoms with E-state index in [0.717, 1.165) is 16.8 Å². The average molecular weight is 211 g/mol. The lowest BCUT2D eigenvalue weighted by atomic mass is 10.0. The predicted molar refractivity (Wildman–Crippen MR) is 60.2 cm³/mol. The molecule has 1 unspecified atom stereocenters. The summed E-state index contributed by atoms with van der Waals surface area (Å²) in [5.74, 6) is 0. The highest BCUT2D eigenvalue weighted by Crippen LogP contribution is 2.12. The van der Waals surface area contributed by atoms with E-state index in [9.17, 15) is 0 Å². The highest BCUT2D eigenvalue weighted by Gasteiger charge is 2.04. The van der Waals surface area contributed by atoms with E-state index in [-0.39, 0.29) is 0 Å². The standard InChI is InChI=1S/C10H14NO2P/c1-8(11-12-2)10-6-4-3-5-9(10)7-13-14/h3-6H,7,14H2,1-2H3. The third-order valence-corrected chi connectivity index (χ3v) is 2.04. The molecule has 0 fully saturated rings. The molecular weight excluding hydrogens is 197 g/mol. The first-order chi connectivity index (χ1) is 6.79. The van der Waals surface area contributed by atoms with Gasteiger partial charge in [0.05, 0.1) is 12.3 Å². The van der Waals surface area contributed by atoms with E-state index in [4.69, 9.17) is 9.36 Å². The second kappa shape index (κ2) is 5.74. The topological polar surface area (TPSA) is 30.8 Å². The van der Waals surface area contributed by atoms with E-state index in [0.29, 0.717) is 6.61 Å². The lowest BCUT2D eigenvalue weighted by Crippen LogP contribution is -2.01. The van der Waals surface area contributed by atoms with Crippen LogP contribution in [0.1, 0.15) is 18.1 Å². The summed E-state index contributed by atoms with van der Waals surface area (Å²) >= 11 is 0. The number of benzene rings is 1. The maximum atomic E-state index is 5.02. The average Bonchev–Trinajstić information content (AvgIpc) is 2.19. The first-order valence-corrected chi connectivity index (χ1v) is 4.74. The third-order valence-electron chi connectivity index (χ3n) is 1.87. The van der Waals surface area contributed by atoms with Crippen molar-refractivity contribution in [3.05, 3.63) is 35.4 Å². The van der Waals surface area contributed by atoms with Gasteiger partial charge in [-0.3, -0.25) is 0 Å². The normalized spacial score (nSPS) is 11.5. The Morgan fingerprint density at radius 3 is 2.79 bits per heavy atom. The van der Waals surface area contributed by atoms with Gasteiger partial charge in [-0.25, -0.2) is 0 Å². The monoisotopic (exact) mass is 211 g/mol. The molecule has 1 aromatic carbocycles. The van der Waals surface area contributed by atoms with Gasteiger partial charge in [0.15, 0.2) is 0 Å². The van der Waals surface area contributed by atoms with Crippen molar-refractivity contribution >= 4 is 15.2 Å². The quantitative estimate of drug-likeness (QED) is 0.435. The van der Waals surface area contributed by atoms with Crippen LogP contribution in [0.4, 0.5) is 0 Å². The molecule has 14 heavy (non-hydrogen) atoms. The molecule has 0 saturated carbocycles. The Morgan fingerprint density at radius 2 is 2.14 bits per heavy atom. The van der Waals surface area contributed by atoms with Crippen molar-refractivity contribution in [3.63, 3.8) is 0 Å². The Hall–Kier alpha value is -0.920. The molecule has 76 valence electrons. The van der Waals surface area contributed by atoms with Gasteiger partial charge >= 0.3 is 0 Å². The Labute approximate surface area is 86.4 Å². The van der Waals surface area contributed by atoms with Gasteiger partial charge in [-0.15, -0.1) is 0 Å². The van der Waals surface area contributed by atoms with E-state index in [1.807, 2.05) is 31.2 Å². The van der Waals surface area contributed by atoms with Gasteiger partial charge in [-0.2, -0.15) is 0 Å². The van der Waals surface area contributed by atoms with Gasteiger partial charge in [-0.05, 0) is 12.5 Å². The van der Waals surface area contributed by atoms with Crippen LogP contribution in [-0.4, -0.2) is 12.8 Å². The zero-order valence-electron chi connectivity index (χ0n) is 8.36. The smallest absolute Gasteiger partial charge is 0.106 e. The fourth-order valence-corrected chi connectivity index (χ4v) is 1.45. The Bertz CT molecular complexity index is 326. The van der Waals surface area contributed by atoms with Crippen LogP contribution in [0.2, 0.25) is 0 Å². The van der Waals surface area contributed by atoms with E-state index in [1.54, 1.807) is 0 Å². The van der Waals surface area contributed by atoms with Crippen molar-refractivity contribution in [1.82, 2.24) is 0 Å². The van der Waals surface area contributed by atoms with Crippen molar-refractivity contribution in [2.75, 3.05) is 7.11 Å². The SMILES string of the molecule is CON=C(C)c1ccccc1COP. The van der Waals surface area contributed by atoms with Crippen molar-refractivity contribution in [3.8, 4) is 0 Å². The highest BCUT2D eigenvalue weighted by molar-refractivity contribution is 7.09. The number of hydrogen-bond acceptors (Lipinski definition) is 3. The van der Waals surface area contributed by atoms with E-state index < -0.39 is 0 Å². The number of hydrogen-bond donors (Lipinski definition) is 0. The Morgan fingerprint density at radius 1 is 1.43 bits per heavy atom. The number of oxime groups is 1. The van der Waals surface area contributed by atoms with Crippen molar-refractivity contribution in [2.45, 2.75) is 13.5 Å². The first-order valence-electron chi connectivity index (χ1n) is 4.27. The van der Waals surface area contributed by atoms with Crippen molar-refractivity contribution in [1.29, 1.82) is 0 Å². The van der Waals surface area contributed by atoms with Crippen LogP contribution in [0.5, 0.6) is 0 Å². The largest absolute Gasteiger partial charge is 0.399 e. The van der Waals surface area contributed by atoms with Gasteiger partial charge in [-0.1, -0.05) is 29.4 Å². The Balaban J connectivity index is 3.00. The molecule has 1 aromatic rings. The van der Waals surface area contributed by atoms with Crippen LogP contribution >= 0.6 is 9.47 Å². The van der Waals surface area contributed by atoms with Crippen LogP contribution in [0.15, 0.2) is 29.4 Å². The Kier molecular flexibility index (Phi) is 4.57. The van der Waals surface area contributed by atoms with Crippen molar-refractivity contribution in [2.24, 2.45) is 5.16 Å². The van der Waals surface area contributed by atoms with Crippen LogP contribution < -0.4 is 0 Å². The highest BCUT2D eigenvalue weighted by atomic mass is 31.0. The summed E-state index contributed by atoms with van der Waals surface area (Å²) in [6.07, 6.45) is 0. The fraction of sp³-hybridized carbons (Fsp3) is 0.300. The third kappa shape index (κ3) is 2.79. The van der Waals surface area contributed by atoms with E-state index in [2.05, 4.69) is 14.6 Å². The van der Waals surface area contributed by atoms with Crippen LogP contribution in [0, 0.1) is 0 Å². The second-order valence-corrected chi connectivity index (χ2v) is 3.16. The molecule has 1 atom stereocenters. The molecule has 0 radical (unpaired) electrons. The maximum absolute atomic E-state index is 5.02. The molecule has 4 heteroatoms. The minimum Gasteiger partial charge on any atom is -0.399 e. The maximum Gasteiger partial charge on any atom is 0.106 e. The predicted octanol–water partition coefficient (Wildman–Crippen LogP) is 2.36. The molecule has 0 spiro atoms. The molecule has 0 aliphatic carbocycles. The summed E-state index contributed by atoms with van der Waals surface area (Å²) in [6, 6.07) is 7.95. The molecule has 0 aromatic heterocycles. The van der Waals surface area contributed by atoms with Crippen molar-refractivity contribution < 1.29 is 9.36 Å². The molecule has 0 aliphatic rings. The minimum absolute atomic E-state index is 0.553. The first kappa shape index (κ1) is 11.2. The lowest BCUT2D eigenvalue weighted by Gasteiger charge is -2.06. The summed E-state index contributed by atoms with van der Waals surface area (Å²) in [5, 5.41) is 3.89. The number of nitrogens with zero attached hydrogens (tertiary/aromatic N) is 1. The fourth-order valence-electron chi connectivity index (χ4n) is 1.28. The molecule has 3 nitrogen and oxygen atoms in total. The molecule has 0 N–H and O–H groups in total. The molecule has 0 bridgehead atoms. The lowest BCUT2D eigenvalue weighted by molar-refractivity contribution is 0.213. The molecule has 0 heterocycles. The minimum atomic E-state index is 0.553. The molecule has 0 amide bonds. The van der Waals surface area contributed by atoms with Gasteiger partial charge in [0.1, 0.15) is 7.11 Å². The summed E-state index contributed by atoms with van der Waals surface area (Å²) < 4.78 is 5.02. The number of rotatable bonds is 4. The zero-order chi connectivity index (χ0) is 10.4. The molecule has 1 rings (SSSR count). The summed E-state index contributed by atoms with van der Waals surface area (Å²) in [6.45, 7) is 2.46. The summed E-state index contributed by atoms with van der Waals surface area (Å²) in [4.78, 5) is 4.73. The molecule has 0 aliphatic heterocycles. The van der Waals surface area contributed by atoms with Crippen LogP contribution in [-0.2, 0) is 16.0 Å². The van der Waals surface area contributed by atoms with Gasteiger partial charge in [0, 0.05) is 15.0 Å². The van der Waals surface area contributed by atoms with Gasteiger partial charge < -0.3 is 9.36 Å². The van der Waals surface area contributed by atoms with E-state index >= 15 is 0 Å². The van der Waals surface area contributed by atoms with Crippen LogP contribution in [0.25, 0.3) is 0 Å². The van der Waals surface area contributed by atoms with Gasteiger partial charge in [0.2, 0.25) is 0 Å². The summed E-state index contributed by atoms with van der Waals surface area (Å²) in [5.41, 5.74) is 3.00. The van der Waals surface area contributed by atoms with Crippen LogP contribution in [0.3, 0.4) is 0 Å². The second-order valence-electron chi connectivity index (χ2n) is 2.83. The zero-order valence-corrected chi connectivity index (χ0v) is 9.51. The molecule has 0 saturated heterocycles. The summed E-state index contributed by atoms with van der Waals surface area (Å²) in [7, 11) is 3.78. The molecular formula is C10H14NO2P. The van der Waals surface area contributed by atoms with E-state index in [1.165, 1.54) is 7.11 Å².